The number of carbonyl (C=O) groups is 2. The number of hydrogen-bond acceptors (Lipinski definition) is 6. The van der Waals surface area contributed by atoms with Gasteiger partial charge in [-0.05, 0) is 18.5 Å². The van der Waals surface area contributed by atoms with Crippen molar-refractivity contribution < 1.29 is 14.3 Å². The quantitative estimate of drug-likeness (QED) is 0.608. The average Bonchev–Trinajstić information content (AvgIpc) is 2.31. The maximum atomic E-state index is 11.8. The summed E-state index contributed by atoms with van der Waals surface area (Å²) < 4.78 is 4.52. The minimum absolute atomic E-state index is 0.0757. The Bertz CT molecular complexity index is 520. The molecule has 8 heteroatoms. The second-order valence-electron chi connectivity index (χ2n) is 3.77. The van der Waals surface area contributed by atoms with Gasteiger partial charge >= 0.3 is 5.97 Å². The number of anilines is 2. The third-order valence-electron chi connectivity index (χ3n) is 2.54. The molecule has 1 aliphatic heterocycles. The number of aromatic nitrogens is 2. The van der Waals surface area contributed by atoms with Gasteiger partial charge in [-0.2, -0.15) is 4.98 Å². The first kappa shape index (κ1) is 12.6. The molecule has 2 N–H and O–H groups in total. The van der Waals surface area contributed by atoms with Crippen LogP contribution in [0.25, 0.3) is 0 Å². The number of nitrogens with one attached hydrogen (secondary N) is 2. The van der Waals surface area contributed by atoms with Crippen LogP contribution in [0.5, 0.6) is 0 Å². The number of aryl methyl sites for hydroxylation is 1. The molecule has 0 aromatic carbocycles. The van der Waals surface area contributed by atoms with Crippen molar-refractivity contribution in [3.8, 4) is 0 Å². The third-order valence-corrected chi connectivity index (χ3v) is 2.71. The molecule has 0 saturated heterocycles. The molecule has 1 atom stereocenters. The van der Waals surface area contributed by atoms with E-state index in [1.54, 1.807) is 6.92 Å². The lowest BCUT2D eigenvalue weighted by Crippen LogP contribution is -2.41. The second kappa shape index (κ2) is 4.77. The number of nitrogens with zero attached hydrogens (tertiary/aromatic N) is 2. The first-order valence-corrected chi connectivity index (χ1v) is 5.57. The van der Waals surface area contributed by atoms with Crippen LogP contribution >= 0.6 is 11.6 Å². The fourth-order valence-corrected chi connectivity index (χ4v) is 1.84. The summed E-state index contributed by atoms with van der Waals surface area (Å²) in [4.78, 5) is 30.8. The molecule has 2 rings (SSSR count). The van der Waals surface area contributed by atoms with Crippen LogP contribution in [0.15, 0.2) is 0 Å². The maximum Gasteiger partial charge on any atom is 0.308 e. The van der Waals surface area contributed by atoms with Crippen molar-refractivity contribution in [2.24, 2.45) is 0 Å². The average molecular weight is 271 g/mol. The number of carbonyl (C=O) groups excluding carboxylic acids is 2. The monoisotopic (exact) mass is 270 g/mol. The first-order chi connectivity index (χ1) is 8.51. The normalized spacial score (nSPS) is 17.5. The predicted octanol–water partition coefficient (Wildman–Crippen LogP) is 0.734. The summed E-state index contributed by atoms with van der Waals surface area (Å²) in [5.41, 5.74) is 1.04. The number of halogens is 1. The lowest BCUT2D eigenvalue weighted by molar-refractivity contribution is -0.142. The van der Waals surface area contributed by atoms with Crippen LogP contribution in [0.4, 0.5) is 11.5 Å². The van der Waals surface area contributed by atoms with Gasteiger partial charge in [-0.15, -0.1) is 0 Å². The van der Waals surface area contributed by atoms with Gasteiger partial charge in [-0.25, -0.2) is 4.98 Å². The number of amides is 1. The maximum absolute atomic E-state index is 11.8. The van der Waals surface area contributed by atoms with Crippen LogP contribution in [0.3, 0.4) is 0 Å². The minimum Gasteiger partial charge on any atom is -0.469 e. The number of ether oxygens (including phenoxy) is 1. The molecule has 1 aliphatic rings. The van der Waals surface area contributed by atoms with E-state index in [-0.39, 0.29) is 17.6 Å². The number of hydrogen-bond donors (Lipinski definition) is 2. The highest BCUT2D eigenvalue weighted by molar-refractivity contribution is 6.28. The molecule has 1 aromatic rings. The zero-order valence-electron chi connectivity index (χ0n) is 9.78. The smallest absolute Gasteiger partial charge is 0.308 e. The molecule has 1 unspecified atom stereocenters. The van der Waals surface area contributed by atoms with E-state index in [1.807, 2.05) is 0 Å². The van der Waals surface area contributed by atoms with E-state index in [9.17, 15) is 9.59 Å². The van der Waals surface area contributed by atoms with Crippen molar-refractivity contribution in [1.82, 2.24) is 9.97 Å². The second-order valence-corrected chi connectivity index (χ2v) is 4.11. The molecule has 1 aromatic heterocycles. The van der Waals surface area contributed by atoms with Gasteiger partial charge in [0.1, 0.15) is 11.7 Å². The largest absolute Gasteiger partial charge is 0.469 e. The minimum atomic E-state index is -0.727. The van der Waals surface area contributed by atoms with Gasteiger partial charge in [-0.3, -0.25) is 9.59 Å². The van der Waals surface area contributed by atoms with E-state index in [2.05, 4.69) is 25.3 Å². The number of fused-ring (bicyclic) bond motifs is 1. The molecule has 0 aliphatic carbocycles. The standard InChI is InChI=1S/C10H11ClN4O3/c1-4-7-8(15-10(11)12-4)13-5(9(17)14-7)3-6(16)18-2/h5H,3H2,1-2H3,(H,14,17)(H,12,13,15). The van der Waals surface area contributed by atoms with Crippen molar-refractivity contribution in [2.45, 2.75) is 19.4 Å². The van der Waals surface area contributed by atoms with E-state index in [0.717, 1.165) is 0 Å². The lowest BCUT2D eigenvalue weighted by Gasteiger charge is -2.25. The highest BCUT2D eigenvalue weighted by Crippen LogP contribution is 2.28. The van der Waals surface area contributed by atoms with Gasteiger partial charge in [-0.1, -0.05) is 0 Å². The van der Waals surface area contributed by atoms with Gasteiger partial charge in [0.2, 0.25) is 11.2 Å². The zero-order valence-corrected chi connectivity index (χ0v) is 10.5. The Hall–Kier alpha value is -1.89. The fourth-order valence-electron chi connectivity index (χ4n) is 1.63. The van der Waals surface area contributed by atoms with Gasteiger partial charge in [0.25, 0.3) is 0 Å². The van der Waals surface area contributed by atoms with Crippen LogP contribution in [-0.2, 0) is 14.3 Å². The van der Waals surface area contributed by atoms with E-state index < -0.39 is 12.0 Å². The number of rotatable bonds is 2. The lowest BCUT2D eigenvalue weighted by atomic mass is 10.1. The van der Waals surface area contributed by atoms with E-state index in [1.165, 1.54) is 7.11 Å². The van der Waals surface area contributed by atoms with Crippen molar-refractivity contribution in [2.75, 3.05) is 17.7 Å². The van der Waals surface area contributed by atoms with Crippen LogP contribution in [-0.4, -0.2) is 35.0 Å². The molecule has 2 heterocycles. The number of esters is 1. The van der Waals surface area contributed by atoms with E-state index in [0.29, 0.717) is 17.2 Å². The molecule has 0 radical (unpaired) electrons. The van der Waals surface area contributed by atoms with Crippen molar-refractivity contribution >= 4 is 35.0 Å². The fraction of sp³-hybridized carbons (Fsp3) is 0.400. The molecule has 0 bridgehead atoms. The van der Waals surface area contributed by atoms with Gasteiger partial charge < -0.3 is 15.4 Å². The van der Waals surface area contributed by atoms with Crippen LogP contribution in [0.1, 0.15) is 12.1 Å². The van der Waals surface area contributed by atoms with Crippen molar-refractivity contribution in [3.05, 3.63) is 11.0 Å². The predicted molar refractivity (Wildman–Crippen MR) is 64.5 cm³/mol. The Morgan fingerprint density at radius 1 is 1.50 bits per heavy atom. The van der Waals surface area contributed by atoms with Crippen LogP contribution in [0.2, 0.25) is 5.28 Å². The summed E-state index contributed by atoms with van der Waals surface area (Å²) in [6.07, 6.45) is -0.0809. The highest BCUT2D eigenvalue weighted by Gasteiger charge is 2.30. The van der Waals surface area contributed by atoms with E-state index in [4.69, 9.17) is 11.6 Å². The van der Waals surface area contributed by atoms with Crippen molar-refractivity contribution in [1.29, 1.82) is 0 Å². The Labute approximate surface area is 108 Å². The third kappa shape index (κ3) is 2.35. The van der Waals surface area contributed by atoms with Gasteiger partial charge in [0, 0.05) is 0 Å². The highest BCUT2D eigenvalue weighted by atomic mass is 35.5. The molecule has 0 saturated carbocycles. The summed E-state index contributed by atoms with van der Waals surface area (Å²) in [6, 6.07) is -0.727. The first-order valence-electron chi connectivity index (χ1n) is 5.19. The Balaban J connectivity index is 2.27. The molecule has 0 spiro atoms. The molecule has 1 amide bonds. The van der Waals surface area contributed by atoms with Crippen molar-refractivity contribution in [3.63, 3.8) is 0 Å². The SMILES string of the molecule is COC(=O)CC1Nc2nc(Cl)nc(C)c2NC1=O. The summed E-state index contributed by atoms with van der Waals surface area (Å²) >= 11 is 5.73. The molecular weight excluding hydrogens is 260 g/mol. The summed E-state index contributed by atoms with van der Waals surface area (Å²) in [7, 11) is 1.26. The molecule has 7 nitrogen and oxygen atoms in total. The summed E-state index contributed by atoms with van der Waals surface area (Å²) in [5.74, 6) is -0.411. The van der Waals surface area contributed by atoms with Gasteiger partial charge in [0.15, 0.2) is 5.82 Å². The molecule has 18 heavy (non-hydrogen) atoms. The van der Waals surface area contributed by atoms with E-state index >= 15 is 0 Å². The summed E-state index contributed by atoms with van der Waals surface area (Å²) in [6.45, 7) is 1.70. The summed E-state index contributed by atoms with van der Waals surface area (Å²) in [5, 5.41) is 5.56. The molecular formula is C10H11ClN4O3. The molecule has 96 valence electrons. The Kier molecular flexibility index (Phi) is 3.33. The Morgan fingerprint density at radius 2 is 2.22 bits per heavy atom. The number of methoxy groups -OCH3 is 1. The van der Waals surface area contributed by atoms with Crippen LogP contribution < -0.4 is 10.6 Å². The van der Waals surface area contributed by atoms with Gasteiger partial charge in [0.05, 0.1) is 19.2 Å². The Morgan fingerprint density at radius 3 is 2.89 bits per heavy atom. The van der Waals surface area contributed by atoms with Crippen LogP contribution in [0, 0.1) is 6.92 Å². The zero-order chi connectivity index (χ0) is 13.3. The topological polar surface area (TPSA) is 93.2 Å². The molecule has 0 fully saturated rings.